The lowest BCUT2D eigenvalue weighted by atomic mass is 9.92. The van der Waals surface area contributed by atoms with Gasteiger partial charge in [-0.2, -0.15) is 0 Å². The topological polar surface area (TPSA) is 27.6 Å². The van der Waals surface area contributed by atoms with Crippen molar-refractivity contribution in [3.8, 4) is 0 Å². The molecule has 0 saturated carbocycles. The highest BCUT2D eigenvalue weighted by molar-refractivity contribution is 14.0. The fourth-order valence-electron chi connectivity index (χ4n) is 2.10. The summed E-state index contributed by atoms with van der Waals surface area (Å²) in [7, 11) is 1.89. The Labute approximate surface area is 130 Å². The summed E-state index contributed by atoms with van der Waals surface area (Å²) >= 11 is 0. The molecule has 4 heteroatoms. The minimum Gasteiger partial charge on any atom is -0.356 e. The molecule has 0 unspecified atom stereocenters. The Morgan fingerprint density at radius 2 is 1.83 bits per heavy atom. The lowest BCUT2D eigenvalue weighted by molar-refractivity contribution is 0.271. The third kappa shape index (κ3) is 6.81. The normalized spacial score (nSPS) is 18.5. The smallest absolute Gasteiger partial charge is 0.193 e. The quantitative estimate of drug-likeness (QED) is 0.461. The molecule has 0 spiro atoms. The van der Waals surface area contributed by atoms with E-state index in [9.17, 15) is 0 Å². The molecular weight excluding hydrogens is 337 g/mol. The maximum absolute atomic E-state index is 4.39. The van der Waals surface area contributed by atoms with Crippen LogP contribution in [0, 0.1) is 11.3 Å². The molecule has 1 fully saturated rings. The van der Waals surface area contributed by atoms with Gasteiger partial charge in [0.1, 0.15) is 0 Å². The number of guanidine groups is 1. The van der Waals surface area contributed by atoms with Gasteiger partial charge in [0.15, 0.2) is 5.96 Å². The largest absolute Gasteiger partial charge is 0.356 e. The van der Waals surface area contributed by atoms with Crippen LogP contribution in [0.15, 0.2) is 4.99 Å². The van der Waals surface area contributed by atoms with Crippen molar-refractivity contribution in [2.45, 2.75) is 47.0 Å². The molecule has 3 nitrogen and oxygen atoms in total. The van der Waals surface area contributed by atoms with Crippen LogP contribution in [-0.2, 0) is 0 Å². The van der Waals surface area contributed by atoms with Crippen LogP contribution in [-0.4, -0.2) is 37.5 Å². The van der Waals surface area contributed by atoms with E-state index in [2.05, 4.69) is 42.9 Å². The SMILES string of the molecule is CN=C(NCCC(C)(C)C)N1CCC(C)CC1.I. The van der Waals surface area contributed by atoms with Crippen LogP contribution < -0.4 is 5.32 Å². The van der Waals surface area contributed by atoms with Gasteiger partial charge in [0.25, 0.3) is 0 Å². The number of piperidine rings is 1. The predicted octanol–water partition coefficient (Wildman–Crippen LogP) is 3.35. The summed E-state index contributed by atoms with van der Waals surface area (Å²) in [5, 5.41) is 3.49. The van der Waals surface area contributed by atoms with E-state index in [1.165, 1.54) is 19.3 Å². The van der Waals surface area contributed by atoms with E-state index in [0.717, 1.165) is 31.5 Å². The molecule has 1 N–H and O–H groups in total. The molecule has 18 heavy (non-hydrogen) atoms. The van der Waals surface area contributed by atoms with Crippen molar-refractivity contribution in [2.24, 2.45) is 16.3 Å². The van der Waals surface area contributed by atoms with E-state index < -0.39 is 0 Å². The first-order chi connectivity index (χ1) is 7.92. The molecule has 0 atom stereocenters. The summed E-state index contributed by atoms with van der Waals surface area (Å²) in [6.45, 7) is 12.5. The summed E-state index contributed by atoms with van der Waals surface area (Å²) in [6.07, 6.45) is 3.76. The number of nitrogens with zero attached hydrogens (tertiary/aromatic N) is 2. The Morgan fingerprint density at radius 1 is 1.28 bits per heavy atom. The van der Waals surface area contributed by atoms with Gasteiger partial charge in [-0.1, -0.05) is 27.7 Å². The van der Waals surface area contributed by atoms with Gasteiger partial charge in [0.2, 0.25) is 0 Å². The second-order valence-electron chi connectivity index (χ2n) is 6.45. The summed E-state index contributed by atoms with van der Waals surface area (Å²) in [5.74, 6) is 1.96. The number of likely N-dealkylation sites (tertiary alicyclic amines) is 1. The first kappa shape index (κ1) is 18.0. The molecular formula is C14H30IN3. The maximum Gasteiger partial charge on any atom is 0.193 e. The van der Waals surface area contributed by atoms with Gasteiger partial charge in [-0.15, -0.1) is 24.0 Å². The minimum absolute atomic E-state index is 0. The molecule has 108 valence electrons. The van der Waals surface area contributed by atoms with E-state index in [-0.39, 0.29) is 24.0 Å². The molecule has 0 bridgehead atoms. The minimum atomic E-state index is 0. The van der Waals surface area contributed by atoms with Crippen LogP contribution >= 0.6 is 24.0 Å². The molecule has 1 heterocycles. The average Bonchev–Trinajstić information content (AvgIpc) is 2.24. The summed E-state index contributed by atoms with van der Waals surface area (Å²) in [4.78, 5) is 6.78. The number of hydrogen-bond acceptors (Lipinski definition) is 1. The molecule has 0 aromatic carbocycles. The summed E-state index contributed by atoms with van der Waals surface area (Å²) < 4.78 is 0. The highest BCUT2D eigenvalue weighted by atomic mass is 127. The first-order valence-corrected chi connectivity index (χ1v) is 6.88. The van der Waals surface area contributed by atoms with Gasteiger partial charge in [0.05, 0.1) is 0 Å². The van der Waals surface area contributed by atoms with Crippen molar-refractivity contribution in [1.29, 1.82) is 0 Å². The van der Waals surface area contributed by atoms with Crippen molar-refractivity contribution in [2.75, 3.05) is 26.7 Å². The highest BCUT2D eigenvalue weighted by Crippen LogP contribution is 2.18. The lowest BCUT2D eigenvalue weighted by Crippen LogP contribution is -2.45. The Morgan fingerprint density at radius 3 is 2.28 bits per heavy atom. The van der Waals surface area contributed by atoms with Crippen LogP contribution in [0.3, 0.4) is 0 Å². The Balaban J connectivity index is 0.00000289. The molecule has 0 aromatic rings. The highest BCUT2D eigenvalue weighted by Gasteiger charge is 2.18. The standard InChI is InChI=1S/C14H29N3.HI/c1-12-6-10-17(11-7-12)13(15-5)16-9-8-14(2,3)4;/h12H,6-11H2,1-5H3,(H,15,16);1H. The number of hydrogen-bond donors (Lipinski definition) is 1. The zero-order valence-electron chi connectivity index (χ0n) is 12.6. The van der Waals surface area contributed by atoms with Gasteiger partial charge in [-0.25, -0.2) is 0 Å². The molecule has 1 rings (SSSR count). The molecule has 0 aliphatic carbocycles. The van der Waals surface area contributed by atoms with Gasteiger partial charge in [-0.05, 0) is 30.6 Å². The first-order valence-electron chi connectivity index (χ1n) is 6.88. The number of nitrogens with one attached hydrogen (secondary N) is 1. The molecule has 0 amide bonds. The Hall–Kier alpha value is 0. The zero-order chi connectivity index (χ0) is 12.9. The van der Waals surface area contributed by atoms with Gasteiger partial charge >= 0.3 is 0 Å². The Kier molecular flexibility index (Phi) is 8.23. The molecule has 1 saturated heterocycles. The number of aliphatic imine (C=N–C) groups is 1. The van der Waals surface area contributed by atoms with E-state index in [4.69, 9.17) is 0 Å². The van der Waals surface area contributed by atoms with Gasteiger partial charge in [-0.3, -0.25) is 4.99 Å². The van der Waals surface area contributed by atoms with Crippen molar-refractivity contribution in [3.05, 3.63) is 0 Å². The van der Waals surface area contributed by atoms with E-state index in [0.29, 0.717) is 5.41 Å². The van der Waals surface area contributed by atoms with Crippen LogP contribution in [0.4, 0.5) is 0 Å². The van der Waals surface area contributed by atoms with Gasteiger partial charge < -0.3 is 10.2 Å². The van der Waals surface area contributed by atoms with Crippen molar-refractivity contribution < 1.29 is 0 Å². The van der Waals surface area contributed by atoms with Gasteiger partial charge in [0, 0.05) is 26.7 Å². The molecule has 0 radical (unpaired) electrons. The lowest BCUT2D eigenvalue weighted by Gasteiger charge is -2.33. The third-order valence-electron chi connectivity index (χ3n) is 3.45. The monoisotopic (exact) mass is 367 g/mol. The molecule has 1 aliphatic heterocycles. The van der Waals surface area contributed by atoms with Crippen LogP contribution in [0.1, 0.15) is 47.0 Å². The maximum atomic E-state index is 4.39. The predicted molar refractivity (Wildman–Crippen MR) is 90.8 cm³/mol. The van der Waals surface area contributed by atoms with E-state index in [1.54, 1.807) is 0 Å². The second kappa shape index (κ2) is 8.23. The van der Waals surface area contributed by atoms with E-state index >= 15 is 0 Å². The van der Waals surface area contributed by atoms with E-state index in [1.807, 2.05) is 7.05 Å². The number of halogens is 1. The van der Waals surface area contributed by atoms with Crippen molar-refractivity contribution >= 4 is 29.9 Å². The molecule has 0 aromatic heterocycles. The fraction of sp³-hybridized carbons (Fsp3) is 0.929. The fourth-order valence-corrected chi connectivity index (χ4v) is 2.10. The number of rotatable bonds is 2. The summed E-state index contributed by atoms with van der Waals surface area (Å²) in [6, 6.07) is 0. The van der Waals surface area contributed by atoms with Crippen molar-refractivity contribution in [3.63, 3.8) is 0 Å². The van der Waals surface area contributed by atoms with Crippen LogP contribution in [0.25, 0.3) is 0 Å². The third-order valence-corrected chi connectivity index (χ3v) is 3.45. The van der Waals surface area contributed by atoms with Crippen LogP contribution in [0.2, 0.25) is 0 Å². The second-order valence-corrected chi connectivity index (χ2v) is 6.45. The molecule has 1 aliphatic rings. The summed E-state index contributed by atoms with van der Waals surface area (Å²) in [5.41, 5.74) is 0.391. The Bertz CT molecular complexity index is 250. The average molecular weight is 367 g/mol. The van der Waals surface area contributed by atoms with Crippen LogP contribution in [0.5, 0.6) is 0 Å². The van der Waals surface area contributed by atoms with Crippen molar-refractivity contribution in [1.82, 2.24) is 10.2 Å². The zero-order valence-corrected chi connectivity index (χ0v) is 15.0.